The van der Waals surface area contributed by atoms with E-state index in [4.69, 9.17) is 11.6 Å². The molecule has 1 amide bonds. The number of amides is 1. The van der Waals surface area contributed by atoms with Crippen molar-refractivity contribution in [3.8, 4) is 11.4 Å². The maximum atomic E-state index is 11.1. The topological polar surface area (TPSA) is 70.7 Å². The zero-order valence-corrected chi connectivity index (χ0v) is 9.03. The SMILES string of the molecule is O=C(CCl)Nc1cccc(-c2ncn[nH]2)c1. The van der Waals surface area contributed by atoms with Crippen LogP contribution in [0.25, 0.3) is 11.4 Å². The molecule has 0 saturated carbocycles. The van der Waals surface area contributed by atoms with Gasteiger partial charge in [0.1, 0.15) is 12.2 Å². The van der Waals surface area contributed by atoms with E-state index in [1.165, 1.54) is 6.33 Å². The summed E-state index contributed by atoms with van der Waals surface area (Å²) in [6, 6.07) is 7.27. The Morgan fingerprint density at radius 2 is 2.38 bits per heavy atom. The van der Waals surface area contributed by atoms with Crippen LogP contribution in [0, 0.1) is 0 Å². The number of benzene rings is 1. The Bertz CT molecular complexity index is 483. The first-order valence-electron chi connectivity index (χ1n) is 4.61. The van der Waals surface area contributed by atoms with Crippen LogP contribution < -0.4 is 5.32 Å². The van der Waals surface area contributed by atoms with Crippen LogP contribution in [0.4, 0.5) is 5.69 Å². The molecular weight excluding hydrogens is 228 g/mol. The molecule has 1 heterocycles. The van der Waals surface area contributed by atoms with Crippen molar-refractivity contribution in [2.75, 3.05) is 11.2 Å². The summed E-state index contributed by atoms with van der Waals surface area (Å²) in [4.78, 5) is 15.1. The molecule has 0 bridgehead atoms. The lowest BCUT2D eigenvalue weighted by atomic mass is 10.2. The van der Waals surface area contributed by atoms with Crippen LogP contribution in [0.1, 0.15) is 0 Å². The Balaban J connectivity index is 2.23. The minimum atomic E-state index is -0.239. The Morgan fingerprint density at radius 1 is 1.50 bits per heavy atom. The summed E-state index contributed by atoms with van der Waals surface area (Å²) in [7, 11) is 0. The second kappa shape index (κ2) is 4.76. The summed E-state index contributed by atoms with van der Waals surface area (Å²) in [5.74, 6) is 0.352. The number of carbonyl (C=O) groups is 1. The van der Waals surface area contributed by atoms with Gasteiger partial charge in [0.05, 0.1) is 0 Å². The van der Waals surface area contributed by atoms with E-state index in [0.29, 0.717) is 11.5 Å². The highest BCUT2D eigenvalue weighted by Gasteiger charge is 2.03. The van der Waals surface area contributed by atoms with Crippen LogP contribution in [0.3, 0.4) is 0 Å². The standard InChI is InChI=1S/C10H9ClN4O/c11-5-9(16)14-8-3-1-2-7(4-8)10-12-6-13-15-10/h1-4,6H,5H2,(H,14,16)(H,12,13,15). The highest BCUT2D eigenvalue weighted by atomic mass is 35.5. The maximum absolute atomic E-state index is 11.1. The van der Waals surface area contributed by atoms with E-state index in [9.17, 15) is 4.79 Å². The van der Waals surface area contributed by atoms with Crippen LogP contribution in [-0.2, 0) is 4.79 Å². The van der Waals surface area contributed by atoms with Crippen molar-refractivity contribution < 1.29 is 4.79 Å². The number of aromatic nitrogens is 3. The zero-order chi connectivity index (χ0) is 11.4. The van der Waals surface area contributed by atoms with Crippen LogP contribution >= 0.6 is 11.6 Å². The Hall–Kier alpha value is -1.88. The summed E-state index contributed by atoms with van der Waals surface area (Å²) >= 11 is 5.40. The number of halogens is 1. The van der Waals surface area contributed by atoms with Gasteiger partial charge in [-0.25, -0.2) is 4.98 Å². The van der Waals surface area contributed by atoms with E-state index >= 15 is 0 Å². The molecular formula is C10H9ClN4O. The summed E-state index contributed by atoms with van der Waals surface area (Å²) in [6.07, 6.45) is 1.43. The summed E-state index contributed by atoms with van der Waals surface area (Å²) < 4.78 is 0. The largest absolute Gasteiger partial charge is 0.325 e. The molecule has 2 rings (SSSR count). The third-order valence-corrected chi connectivity index (χ3v) is 2.20. The quantitative estimate of drug-likeness (QED) is 0.796. The van der Waals surface area contributed by atoms with Crippen molar-refractivity contribution in [3.63, 3.8) is 0 Å². The second-order valence-corrected chi connectivity index (χ2v) is 3.36. The molecule has 0 radical (unpaired) electrons. The average molecular weight is 237 g/mol. The lowest BCUT2D eigenvalue weighted by Crippen LogP contribution is -2.12. The monoisotopic (exact) mass is 236 g/mol. The fourth-order valence-corrected chi connectivity index (χ4v) is 1.35. The fourth-order valence-electron chi connectivity index (χ4n) is 1.28. The molecule has 0 aliphatic heterocycles. The van der Waals surface area contributed by atoms with Gasteiger partial charge in [0.25, 0.3) is 0 Å². The van der Waals surface area contributed by atoms with Gasteiger partial charge in [-0.1, -0.05) is 12.1 Å². The van der Waals surface area contributed by atoms with Gasteiger partial charge in [0, 0.05) is 11.3 Å². The van der Waals surface area contributed by atoms with E-state index in [-0.39, 0.29) is 11.8 Å². The summed E-state index contributed by atoms with van der Waals surface area (Å²) in [5.41, 5.74) is 1.53. The van der Waals surface area contributed by atoms with Crippen LogP contribution in [0.15, 0.2) is 30.6 Å². The molecule has 2 N–H and O–H groups in total. The van der Waals surface area contributed by atoms with Crippen LogP contribution in [-0.4, -0.2) is 27.0 Å². The molecule has 0 unspecified atom stereocenters. The van der Waals surface area contributed by atoms with Crippen molar-refractivity contribution in [2.45, 2.75) is 0 Å². The molecule has 0 aliphatic rings. The molecule has 0 atom stereocenters. The van der Waals surface area contributed by atoms with Crippen LogP contribution in [0.5, 0.6) is 0 Å². The third-order valence-electron chi connectivity index (χ3n) is 1.96. The van der Waals surface area contributed by atoms with Gasteiger partial charge in [-0.3, -0.25) is 9.89 Å². The molecule has 1 aromatic carbocycles. The predicted molar refractivity (Wildman–Crippen MR) is 61.2 cm³/mol. The van der Waals surface area contributed by atoms with Crippen molar-refractivity contribution in [3.05, 3.63) is 30.6 Å². The normalized spacial score (nSPS) is 10.1. The fraction of sp³-hybridized carbons (Fsp3) is 0.100. The number of rotatable bonds is 3. The number of H-pyrrole nitrogens is 1. The van der Waals surface area contributed by atoms with E-state index in [1.807, 2.05) is 12.1 Å². The van der Waals surface area contributed by atoms with Gasteiger partial charge < -0.3 is 5.32 Å². The number of nitrogens with zero attached hydrogens (tertiary/aromatic N) is 2. The second-order valence-electron chi connectivity index (χ2n) is 3.10. The molecule has 1 aromatic heterocycles. The summed E-state index contributed by atoms with van der Waals surface area (Å²) in [6.45, 7) is 0. The number of alkyl halides is 1. The number of carbonyl (C=O) groups excluding carboxylic acids is 1. The number of hydrogen-bond donors (Lipinski definition) is 2. The molecule has 16 heavy (non-hydrogen) atoms. The van der Waals surface area contributed by atoms with Crippen molar-refractivity contribution >= 4 is 23.2 Å². The first-order chi connectivity index (χ1) is 7.79. The van der Waals surface area contributed by atoms with Crippen molar-refractivity contribution in [1.29, 1.82) is 0 Å². The molecule has 82 valence electrons. The van der Waals surface area contributed by atoms with Gasteiger partial charge >= 0.3 is 0 Å². The number of anilines is 1. The molecule has 5 nitrogen and oxygen atoms in total. The zero-order valence-electron chi connectivity index (χ0n) is 8.27. The number of aromatic amines is 1. The van der Waals surface area contributed by atoms with Crippen LogP contribution in [0.2, 0.25) is 0 Å². The number of hydrogen-bond acceptors (Lipinski definition) is 3. The van der Waals surface area contributed by atoms with E-state index in [1.54, 1.807) is 12.1 Å². The lowest BCUT2D eigenvalue weighted by Gasteiger charge is -2.04. The predicted octanol–water partition coefficient (Wildman–Crippen LogP) is 1.65. The highest BCUT2D eigenvalue weighted by Crippen LogP contribution is 2.18. The minimum Gasteiger partial charge on any atom is -0.325 e. The van der Waals surface area contributed by atoms with Gasteiger partial charge in [-0.15, -0.1) is 11.6 Å². The number of nitrogens with one attached hydrogen (secondary N) is 2. The molecule has 0 saturated heterocycles. The highest BCUT2D eigenvalue weighted by molar-refractivity contribution is 6.29. The summed E-state index contributed by atoms with van der Waals surface area (Å²) in [5, 5.41) is 9.17. The molecule has 0 spiro atoms. The average Bonchev–Trinajstić information content (AvgIpc) is 2.83. The van der Waals surface area contributed by atoms with E-state index in [2.05, 4.69) is 20.5 Å². The molecule has 2 aromatic rings. The van der Waals surface area contributed by atoms with Gasteiger partial charge in [0.15, 0.2) is 5.82 Å². The van der Waals surface area contributed by atoms with Crippen molar-refractivity contribution in [2.24, 2.45) is 0 Å². The molecule has 0 aliphatic carbocycles. The Labute approximate surface area is 96.8 Å². The molecule has 0 fully saturated rings. The Morgan fingerprint density at radius 3 is 3.06 bits per heavy atom. The van der Waals surface area contributed by atoms with Gasteiger partial charge in [-0.05, 0) is 12.1 Å². The van der Waals surface area contributed by atoms with Gasteiger partial charge in [0.2, 0.25) is 5.91 Å². The molecule has 6 heteroatoms. The van der Waals surface area contributed by atoms with Crippen molar-refractivity contribution in [1.82, 2.24) is 15.2 Å². The van der Waals surface area contributed by atoms with E-state index in [0.717, 1.165) is 5.56 Å². The minimum absolute atomic E-state index is 0.0630. The van der Waals surface area contributed by atoms with E-state index < -0.39 is 0 Å². The third kappa shape index (κ3) is 2.38. The Kier molecular flexibility index (Phi) is 3.16. The smallest absolute Gasteiger partial charge is 0.239 e. The first-order valence-corrected chi connectivity index (χ1v) is 5.14. The first kappa shape index (κ1) is 10.6. The lowest BCUT2D eigenvalue weighted by molar-refractivity contribution is -0.113. The van der Waals surface area contributed by atoms with Gasteiger partial charge in [-0.2, -0.15) is 5.10 Å². The maximum Gasteiger partial charge on any atom is 0.239 e.